The lowest BCUT2D eigenvalue weighted by molar-refractivity contribution is 0.520. The third kappa shape index (κ3) is 3.24. The number of nitrogens with one attached hydrogen (secondary N) is 2. The Kier molecular flexibility index (Phi) is 4.68. The summed E-state index contributed by atoms with van der Waals surface area (Å²) in [6.07, 6.45) is 0.857. The summed E-state index contributed by atoms with van der Waals surface area (Å²) in [7, 11) is 0. The zero-order valence-electron chi connectivity index (χ0n) is 15.2. The van der Waals surface area contributed by atoms with E-state index in [0.717, 1.165) is 33.7 Å². The van der Waals surface area contributed by atoms with Gasteiger partial charge < -0.3 is 0 Å². The fourth-order valence-electron chi connectivity index (χ4n) is 3.61. The van der Waals surface area contributed by atoms with Crippen LogP contribution in [0.3, 0.4) is 0 Å². The number of aromatic nitrogens is 3. The van der Waals surface area contributed by atoms with Crippen molar-refractivity contribution in [2.24, 2.45) is 5.10 Å². The Morgan fingerprint density at radius 2 is 1.75 bits per heavy atom. The van der Waals surface area contributed by atoms with Crippen molar-refractivity contribution in [3.05, 3.63) is 76.6 Å². The minimum atomic E-state index is 0.0247. The highest BCUT2D eigenvalue weighted by molar-refractivity contribution is 8.00. The molecule has 0 bridgehead atoms. The molecule has 3 heterocycles. The molecule has 28 heavy (non-hydrogen) atoms. The van der Waals surface area contributed by atoms with Crippen molar-refractivity contribution >= 4 is 29.1 Å². The van der Waals surface area contributed by atoms with Crippen LogP contribution in [0.2, 0.25) is 5.02 Å². The van der Waals surface area contributed by atoms with E-state index in [1.54, 1.807) is 11.8 Å². The van der Waals surface area contributed by atoms with Crippen molar-refractivity contribution in [2.75, 3.05) is 0 Å². The average Bonchev–Trinajstić information content (AvgIpc) is 3.35. The zero-order chi connectivity index (χ0) is 19.1. The highest BCUT2D eigenvalue weighted by atomic mass is 35.5. The Morgan fingerprint density at radius 3 is 2.54 bits per heavy atom. The van der Waals surface area contributed by atoms with Gasteiger partial charge >= 0.3 is 0 Å². The van der Waals surface area contributed by atoms with Gasteiger partial charge in [-0.3, -0.25) is 0 Å². The number of hydrogen-bond acceptors (Lipinski definition) is 6. The molecular weight excluding hydrogens is 392 g/mol. The van der Waals surface area contributed by atoms with Crippen LogP contribution < -0.4 is 10.9 Å². The average molecular weight is 411 g/mol. The molecular formula is C20H19ClN6S. The summed E-state index contributed by atoms with van der Waals surface area (Å²) in [4.78, 5) is 0. The van der Waals surface area contributed by atoms with Gasteiger partial charge in [0.1, 0.15) is 0 Å². The van der Waals surface area contributed by atoms with E-state index in [9.17, 15) is 0 Å². The zero-order valence-corrected chi connectivity index (χ0v) is 16.8. The van der Waals surface area contributed by atoms with E-state index in [4.69, 9.17) is 16.7 Å². The predicted molar refractivity (Wildman–Crippen MR) is 112 cm³/mol. The standard InChI is InChI=1S/C20H19ClN6S/c1-12-18(14-5-3-2-4-6-14)26-27-19(24-25-20(27)28-12)17-11-16(22-23-17)13-7-9-15(21)10-8-13/h2-10,12,16-17,22-23H,11H2,1H3. The van der Waals surface area contributed by atoms with Crippen LogP contribution in [0.4, 0.5) is 0 Å². The van der Waals surface area contributed by atoms with Gasteiger partial charge in [-0.25, -0.2) is 10.9 Å². The number of thioether (sulfide) groups is 1. The quantitative estimate of drug-likeness (QED) is 0.684. The smallest absolute Gasteiger partial charge is 0.212 e. The first kappa shape index (κ1) is 17.9. The lowest BCUT2D eigenvalue weighted by Gasteiger charge is -2.20. The summed E-state index contributed by atoms with van der Waals surface area (Å²) in [6, 6.07) is 18.4. The van der Waals surface area contributed by atoms with E-state index in [2.05, 4.69) is 40.1 Å². The summed E-state index contributed by atoms with van der Waals surface area (Å²) in [5, 5.41) is 15.5. The highest BCUT2D eigenvalue weighted by Crippen LogP contribution is 2.35. The monoisotopic (exact) mass is 410 g/mol. The number of fused-ring (bicyclic) bond motifs is 1. The van der Waals surface area contributed by atoms with Crippen LogP contribution >= 0.6 is 23.4 Å². The lowest BCUT2D eigenvalue weighted by Crippen LogP contribution is -2.28. The van der Waals surface area contributed by atoms with Crippen LogP contribution in [0.25, 0.3) is 0 Å². The molecule has 0 spiro atoms. The molecule has 8 heteroatoms. The van der Waals surface area contributed by atoms with Gasteiger partial charge in [0.05, 0.1) is 17.0 Å². The Balaban J connectivity index is 1.44. The molecule has 0 amide bonds. The van der Waals surface area contributed by atoms with Gasteiger partial charge in [-0.1, -0.05) is 65.8 Å². The summed E-state index contributed by atoms with van der Waals surface area (Å²) in [6.45, 7) is 2.15. The van der Waals surface area contributed by atoms with Crippen LogP contribution in [0.5, 0.6) is 0 Å². The lowest BCUT2D eigenvalue weighted by atomic mass is 10.0. The molecule has 0 aliphatic carbocycles. The molecule has 2 aliphatic heterocycles. The molecule has 0 saturated carbocycles. The summed E-state index contributed by atoms with van der Waals surface area (Å²) >= 11 is 7.70. The topological polar surface area (TPSA) is 67.1 Å². The number of halogens is 1. The van der Waals surface area contributed by atoms with Crippen molar-refractivity contribution in [3.8, 4) is 0 Å². The number of benzene rings is 2. The van der Waals surface area contributed by atoms with Crippen molar-refractivity contribution in [1.29, 1.82) is 0 Å². The molecule has 3 atom stereocenters. The summed E-state index contributed by atoms with van der Waals surface area (Å²) in [5.41, 5.74) is 10.1. The minimum absolute atomic E-state index is 0.0247. The first-order chi connectivity index (χ1) is 13.7. The van der Waals surface area contributed by atoms with Crippen molar-refractivity contribution in [3.63, 3.8) is 0 Å². The van der Waals surface area contributed by atoms with E-state index in [-0.39, 0.29) is 17.3 Å². The Bertz CT molecular complexity index is 1020. The summed E-state index contributed by atoms with van der Waals surface area (Å²) in [5.74, 6) is 0.826. The van der Waals surface area contributed by atoms with Gasteiger partial charge in [-0.15, -0.1) is 10.2 Å². The fourth-order valence-corrected chi connectivity index (χ4v) is 4.66. The van der Waals surface area contributed by atoms with E-state index < -0.39 is 0 Å². The molecule has 1 fully saturated rings. The SMILES string of the molecule is CC1Sc2nnc(C3CC(c4ccc(Cl)cc4)NN3)n2N=C1c1ccccc1. The van der Waals surface area contributed by atoms with Crippen LogP contribution in [-0.4, -0.2) is 25.8 Å². The molecule has 2 aromatic carbocycles. The second kappa shape index (κ2) is 7.33. The maximum absolute atomic E-state index is 6.01. The van der Waals surface area contributed by atoms with Crippen molar-refractivity contribution < 1.29 is 0 Å². The largest absolute Gasteiger partial charge is 0.250 e. The van der Waals surface area contributed by atoms with E-state index in [0.29, 0.717) is 0 Å². The van der Waals surface area contributed by atoms with Gasteiger partial charge in [0.2, 0.25) is 5.16 Å². The molecule has 5 rings (SSSR count). The highest BCUT2D eigenvalue weighted by Gasteiger charge is 2.33. The van der Waals surface area contributed by atoms with Gasteiger partial charge in [0.15, 0.2) is 5.82 Å². The fraction of sp³-hybridized carbons (Fsp3) is 0.250. The number of hydrogen-bond donors (Lipinski definition) is 2. The minimum Gasteiger partial charge on any atom is -0.250 e. The maximum Gasteiger partial charge on any atom is 0.212 e. The van der Waals surface area contributed by atoms with Gasteiger partial charge in [-0.05, 0) is 36.6 Å². The molecule has 3 unspecified atom stereocenters. The van der Waals surface area contributed by atoms with Crippen LogP contribution in [0, 0.1) is 0 Å². The summed E-state index contributed by atoms with van der Waals surface area (Å²) < 4.78 is 1.89. The second-order valence-electron chi connectivity index (χ2n) is 6.95. The van der Waals surface area contributed by atoms with Crippen LogP contribution in [0.1, 0.15) is 42.4 Å². The number of hydrazine groups is 1. The molecule has 142 valence electrons. The first-order valence-electron chi connectivity index (χ1n) is 9.22. The molecule has 2 N–H and O–H groups in total. The normalized spacial score (nSPS) is 24.1. The van der Waals surface area contributed by atoms with Gasteiger partial charge in [-0.2, -0.15) is 9.78 Å². The Hall–Kier alpha value is -2.19. The van der Waals surface area contributed by atoms with E-state index >= 15 is 0 Å². The third-order valence-electron chi connectivity index (χ3n) is 5.07. The van der Waals surface area contributed by atoms with Crippen LogP contribution in [-0.2, 0) is 0 Å². The van der Waals surface area contributed by atoms with Gasteiger partial charge in [0, 0.05) is 11.1 Å². The second-order valence-corrected chi connectivity index (χ2v) is 8.69. The predicted octanol–water partition coefficient (Wildman–Crippen LogP) is 3.96. The molecule has 3 aromatic rings. The number of rotatable bonds is 3. The first-order valence-corrected chi connectivity index (χ1v) is 10.5. The van der Waals surface area contributed by atoms with Crippen molar-refractivity contribution in [1.82, 2.24) is 25.7 Å². The van der Waals surface area contributed by atoms with E-state index in [1.807, 2.05) is 47.1 Å². The molecule has 1 aromatic heterocycles. The van der Waals surface area contributed by atoms with E-state index in [1.165, 1.54) is 5.56 Å². The van der Waals surface area contributed by atoms with Crippen LogP contribution in [0.15, 0.2) is 64.9 Å². The Labute approximate surface area is 172 Å². The molecule has 6 nitrogen and oxygen atoms in total. The molecule has 0 radical (unpaired) electrons. The third-order valence-corrected chi connectivity index (χ3v) is 6.36. The maximum atomic E-state index is 6.01. The Morgan fingerprint density at radius 1 is 1.00 bits per heavy atom. The molecule has 1 saturated heterocycles. The van der Waals surface area contributed by atoms with Gasteiger partial charge in [0.25, 0.3) is 0 Å². The molecule has 2 aliphatic rings. The van der Waals surface area contributed by atoms with Crippen molar-refractivity contribution in [2.45, 2.75) is 35.8 Å². The number of nitrogens with zero attached hydrogens (tertiary/aromatic N) is 4.